The van der Waals surface area contributed by atoms with Crippen molar-refractivity contribution in [3.05, 3.63) is 29.6 Å². The summed E-state index contributed by atoms with van der Waals surface area (Å²) in [6.45, 7) is 6.30. The van der Waals surface area contributed by atoms with Gasteiger partial charge in [-0.05, 0) is 32.9 Å². The summed E-state index contributed by atoms with van der Waals surface area (Å²) >= 11 is 0. The minimum absolute atomic E-state index is 0.177. The topological polar surface area (TPSA) is 125 Å². The number of pyridine rings is 1. The summed E-state index contributed by atoms with van der Waals surface area (Å²) in [5.74, 6) is -0.902. The van der Waals surface area contributed by atoms with Crippen molar-refractivity contribution in [2.75, 3.05) is 32.0 Å². The summed E-state index contributed by atoms with van der Waals surface area (Å²) in [5, 5.41) is 6.92. The van der Waals surface area contributed by atoms with E-state index in [0.29, 0.717) is 37.5 Å². The molecule has 2 aromatic heterocycles. The molecular formula is C22H27F3N6O4. The van der Waals surface area contributed by atoms with E-state index in [0.717, 1.165) is 6.07 Å². The summed E-state index contributed by atoms with van der Waals surface area (Å²) < 4.78 is 52.8. The molecule has 0 aliphatic carbocycles. The van der Waals surface area contributed by atoms with E-state index < -0.39 is 34.9 Å². The number of rotatable bonds is 3. The van der Waals surface area contributed by atoms with E-state index >= 15 is 0 Å². The van der Waals surface area contributed by atoms with E-state index in [1.165, 1.54) is 6.20 Å². The molecule has 0 radical (unpaired) electrons. The highest BCUT2D eigenvalue weighted by Gasteiger charge is 2.47. The maximum Gasteiger partial charge on any atom is 0.419 e. The van der Waals surface area contributed by atoms with Gasteiger partial charge in [0.15, 0.2) is 0 Å². The monoisotopic (exact) mass is 496 g/mol. The van der Waals surface area contributed by atoms with Gasteiger partial charge in [0.1, 0.15) is 23.6 Å². The van der Waals surface area contributed by atoms with Crippen LogP contribution in [0.2, 0.25) is 0 Å². The summed E-state index contributed by atoms with van der Waals surface area (Å²) in [4.78, 5) is 29.8. The van der Waals surface area contributed by atoms with Gasteiger partial charge in [-0.15, -0.1) is 0 Å². The maximum atomic E-state index is 13.3. The van der Waals surface area contributed by atoms with Crippen LogP contribution >= 0.6 is 0 Å². The zero-order chi connectivity index (χ0) is 25.6. The largest absolute Gasteiger partial charge is 0.444 e. The van der Waals surface area contributed by atoms with E-state index in [1.807, 2.05) is 0 Å². The highest BCUT2D eigenvalue weighted by molar-refractivity contribution is 5.82. The van der Waals surface area contributed by atoms with Crippen LogP contribution < -0.4 is 11.1 Å². The van der Waals surface area contributed by atoms with Gasteiger partial charge in [0, 0.05) is 24.7 Å². The summed E-state index contributed by atoms with van der Waals surface area (Å²) in [6.07, 6.45) is -3.61. The lowest BCUT2D eigenvalue weighted by Crippen LogP contribution is -2.44. The van der Waals surface area contributed by atoms with Crippen LogP contribution in [0.4, 0.5) is 23.8 Å². The minimum atomic E-state index is -4.64. The van der Waals surface area contributed by atoms with Gasteiger partial charge >= 0.3 is 12.3 Å². The van der Waals surface area contributed by atoms with Crippen molar-refractivity contribution in [3.8, 4) is 11.3 Å². The molecule has 35 heavy (non-hydrogen) atoms. The Morgan fingerprint density at radius 1 is 1.26 bits per heavy atom. The second kappa shape index (κ2) is 8.70. The number of nitrogens with one attached hydrogen (secondary N) is 1. The van der Waals surface area contributed by atoms with Gasteiger partial charge in [-0.3, -0.25) is 9.48 Å². The average molecular weight is 496 g/mol. The Kier molecular flexibility index (Phi) is 6.16. The van der Waals surface area contributed by atoms with Crippen LogP contribution in [0, 0.1) is 0 Å². The first-order valence-corrected chi connectivity index (χ1v) is 11.1. The number of hydrogen-bond acceptors (Lipinski definition) is 7. The molecule has 0 bridgehead atoms. The predicted octanol–water partition coefficient (Wildman–Crippen LogP) is 2.53. The van der Waals surface area contributed by atoms with Crippen molar-refractivity contribution in [2.45, 2.75) is 51.1 Å². The Hall–Kier alpha value is -3.35. The summed E-state index contributed by atoms with van der Waals surface area (Å²) in [6, 6.07) is 2.59. The average Bonchev–Trinajstić information content (AvgIpc) is 3.37. The number of carbonyl (C=O) groups excluding carboxylic acids is 2. The molecule has 2 aromatic rings. The number of ether oxygens (including phenoxy) is 2. The van der Waals surface area contributed by atoms with Crippen molar-refractivity contribution in [1.29, 1.82) is 0 Å². The second-order valence-corrected chi connectivity index (χ2v) is 9.56. The van der Waals surface area contributed by atoms with E-state index in [4.69, 9.17) is 15.2 Å². The van der Waals surface area contributed by atoms with Gasteiger partial charge in [0.05, 0.1) is 36.6 Å². The fourth-order valence-electron chi connectivity index (χ4n) is 4.23. The van der Waals surface area contributed by atoms with Gasteiger partial charge in [0.2, 0.25) is 5.91 Å². The van der Waals surface area contributed by atoms with Gasteiger partial charge < -0.3 is 25.4 Å². The number of amides is 2. The third kappa shape index (κ3) is 5.19. The molecule has 13 heteroatoms. The Bertz CT molecular complexity index is 1140. The number of halogens is 3. The van der Waals surface area contributed by atoms with Gasteiger partial charge in [-0.1, -0.05) is 0 Å². The number of alkyl halides is 3. The molecule has 2 aliphatic rings. The first-order valence-electron chi connectivity index (χ1n) is 11.1. The van der Waals surface area contributed by atoms with Crippen molar-refractivity contribution >= 4 is 17.8 Å². The molecule has 1 atom stereocenters. The normalized spacial score (nSPS) is 20.1. The summed E-state index contributed by atoms with van der Waals surface area (Å²) in [7, 11) is 0. The Morgan fingerprint density at radius 3 is 2.69 bits per heavy atom. The summed E-state index contributed by atoms with van der Waals surface area (Å²) in [5.41, 5.74) is 4.01. The molecule has 4 heterocycles. The second-order valence-electron chi connectivity index (χ2n) is 9.56. The van der Waals surface area contributed by atoms with Gasteiger partial charge in [-0.25, -0.2) is 9.78 Å². The van der Waals surface area contributed by atoms with E-state index in [9.17, 15) is 22.8 Å². The van der Waals surface area contributed by atoms with Crippen molar-refractivity contribution in [1.82, 2.24) is 25.0 Å². The number of fused-ring (bicyclic) bond motifs is 2. The lowest BCUT2D eigenvalue weighted by atomic mass is 9.96. The lowest BCUT2D eigenvalue weighted by molar-refractivity contribution is -0.137. The number of hydrogen-bond donors (Lipinski definition) is 2. The zero-order valence-electron chi connectivity index (χ0n) is 19.6. The quantitative estimate of drug-likeness (QED) is 0.669. The number of nitrogen functional groups attached to an aromatic ring is 1. The number of alkyl carbamates (subject to hydrolysis) is 1. The van der Waals surface area contributed by atoms with Gasteiger partial charge in [0.25, 0.3) is 0 Å². The third-order valence-corrected chi connectivity index (χ3v) is 5.82. The van der Waals surface area contributed by atoms with Crippen LogP contribution in [0.1, 0.15) is 38.4 Å². The van der Waals surface area contributed by atoms with E-state index in [2.05, 4.69) is 15.4 Å². The molecule has 0 aromatic carbocycles. The van der Waals surface area contributed by atoms with Crippen molar-refractivity contribution in [3.63, 3.8) is 0 Å². The first kappa shape index (κ1) is 24.8. The number of nitrogens with two attached hydrogens (primary N) is 1. The SMILES string of the molecule is CC(C)(C)OC(=O)NCC(=O)N1CCC2(C1)OCCn1nc(-c3cnc(N)c(C(F)(F)F)c3)cc12. The zero-order valence-corrected chi connectivity index (χ0v) is 19.6. The van der Waals surface area contributed by atoms with E-state index in [1.54, 1.807) is 36.4 Å². The van der Waals surface area contributed by atoms with Crippen LogP contribution in [-0.2, 0) is 32.6 Å². The number of nitrogens with zero attached hydrogens (tertiary/aromatic N) is 4. The third-order valence-electron chi connectivity index (χ3n) is 5.82. The molecule has 2 aliphatic heterocycles. The molecule has 0 saturated carbocycles. The molecule has 10 nitrogen and oxygen atoms in total. The fourth-order valence-corrected chi connectivity index (χ4v) is 4.23. The Balaban J connectivity index is 1.51. The van der Waals surface area contributed by atoms with Crippen molar-refractivity contribution < 1.29 is 32.2 Å². The molecule has 190 valence electrons. The number of carbonyl (C=O) groups is 2. The highest BCUT2D eigenvalue weighted by Crippen LogP contribution is 2.41. The first-order chi connectivity index (χ1) is 16.3. The molecular weight excluding hydrogens is 469 g/mol. The van der Waals surface area contributed by atoms with Crippen LogP contribution in [0.25, 0.3) is 11.3 Å². The molecule has 3 N–H and O–H groups in total. The van der Waals surface area contributed by atoms with Crippen LogP contribution in [0.3, 0.4) is 0 Å². The lowest BCUT2D eigenvalue weighted by Gasteiger charge is -2.34. The standard InChI is InChI=1S/C22H27F3N6O4/c1-20(2,3)35-19(33)28-11-17(32)30-5-4-21(12-30)16-9-15(29-31(16)6-7-34-21)13-8-14(22(23,24)25)18(26)27-10-13/h8-10H,4-7,11-12H2,1-3H3,(H2,26,27)(H,28,33). The maximum absolute atomic E-state index is 13.3. The van der Waals surface area contributed by atoms with Crippen LogP contribution in [0.5, 0.6) is 0 Å². The van der Waals surface area contributed by atoms with Crippen LogP contribution in [-0.4, -0.2) is 63.5 Å². The number of likely N-dealkylation sites (tertiary alicyclic amines) is 1. The number of aromatic nitrogens is 3. The minimum Gasteiger partial charge on any atom is -0.444 e. The number of anilines is 1. The smallest absolute Gasteiger partial charge is 0.419 e. The predicted molar refractivity (Wildman–Crippen MR) is 118 cm³/mol. The molecule has 1 fully saturated rings. The molecule has 1 spiro atoms. The van der Waals surface area contributed by atoms with Crippen molar-refractivity contribution in [2.24, 2.45) is 0 Å². The molecule has 2 amide bonds. The van der Waals surface area contributed by atoms with Gasteiger partial charge in [-0.2, -0.15) is 18.3 Å². The highest BCUT2D eigenvalue weighted by atomic mass is 19.4. The molecule has 1 unspecified atom stereocenters. The molecule has 4 rings (SSSR count). The Morgan fingerprint density at radius 2 is 2.00 bits per heavy atom. The fraction of sp³-hybridized carbons (Fsp3) is 0.545. The van der Waals surface area contributed by atoms with E-state index in [-0.39, 0.29) is 24.6 Å². The Labute approximate surface area is 199 Å². The van der Waals surface area contributed by atoms with Crippen LogP contribution in [0.15, 0.2) is 18.3 Å². The molecule has 1 saturated heterocycles.